The quantitative estimate of drug-likeness (QED) is 0.664. The molecule has 2 atom stereocenters. The number of aryl methyl sites for hydroxylation is 1. The van der Waals surface area contributed by atoms with Crippen LogP contribution in [0.5, 0.6) is 5.75 Å². The van der Waals surface area contributed by atoms with E-state index in [2.05, 4.69) is 17.5 Å². The van der Waals surface area contributed by atoms with Gasteiger partial charge in [-0.05, 0) is 49.3 Å². The van der Waals surface area contributed by atoms with Gasteiger partial charge >= 0.3 is 6.03 Å². The van der Waals surface area contributed by atoms with Gasteiger partial charge in [-0.2, -0.15) is 0 Å². The van der Waals surface area contributed by atoms with Crippen molar-refractivity contribution >= 4 is 11.7 Å². The van der Waals surface area contributed by atoms with Crippen molar-refractivity contribution in [2.75, 3.05) is 38.7 Å². The highest BCUT2D eigenvalue weighted by atomic mass is 16.5. The van der Waals surface area contributed by atoms with Crippen LogP contribution in [0.3, 0.4) is 0 Å². The summed E-state index contributed by atoms with van der Waals surface area (Å²) in [6.07, 6.45) is 6.66. The predicted octanol–water partition coefficient (Wildman–Crippen LogP) is 3.45. The summed E-state index contributed by atoms with van der Waals surface area (Å²) in [6, 6.07) is 5.79. The maximum Gasteiger partial charge on any atom is 0.321 e. The molecular weight excluding hydrogens is 304 g/mol. The lowest BCUT2D eigenvalue weighted by molar-refractivity contribution is 0.146. The number of anilines is 1. The molecule has 1 aliphatic carbocycles. The molecule has 1 saturated heterocycles. The molecule has 1 heterocycles. The van der Waals surface area contributed by atoms with Gasteiger partial charge in [0.2, 0.25) is 0 Å². The summed E-state index contributed by atoms with van der Waals surface area (Å²) < 4.78 is 10.8. The van der Waals surface area contributed by atoms with Crippen molar-refractivity contribution in [2.24, 2.45) is 11.8 Å². The van der Waals surface area contributed by atoms with Crippen molar-refractivity contribution < 1.29 is 14.3 Å². The lowest BCUT2D eigenvalue weighted by Gasteiger charge is -2.19. The summed E-state index contributed by atoms with van der Waals surface area (Å²) in [5, 5.41) is 3.02. The van der Waals surface area contributed by atoms with Crippen molar-refractivity contribution in [3.63, 3.8) is 0 Å². The topological polar surface area (TPSA) is 50.8 Å². The first kappa shape index (κ1) is 16.8. The van der Waals surface area contributed by atoms with Crippen LogP contribution in [-0.2, 0) is 4.74 Å². The average molecular weight is 330 g/mol. The van der Waals surface area contributed by atoms with Crippen LogP contribution in [0.15, 0.2) is 30.4 Å². The zero-order valence-corrected chi connectivity index (χ0v) is 14.5. The molecule has 24 heavy (non-hydrogen) atoms. The van der Waals surface area contributed by atoms with Gasteiger partial charge in [-0.3, -0.25) is 0 Å². The van der Waals surface area contributed by atoms with E-state index in [9.17, 15) is 4.79 Å². The smallest absolute Gasteiger partial charge is 0.321 e. The van der Waals surface area contributed by atoms with Crippen molar-refractivity contribution in [3.05, 3.63) is 35.9 Å². The van der Waals surface area contributed by atoms with E-state index in [0.717, 1.165) is 37.2 Å². The SMILES string of the molecule is COCCOc1cc(C)ccc1NC(=O)N1CC2CC=CCC2C1. The van der Waals surface area contributed by atoms with E-state index in [0.29, 0.717) is 30.8 Å². The number of fused-ring (bicyclic) bond motifs is 1. The zero-order chi connectivity index (χ0) is 16.9. The van der Waals surface area contributed by atoms with E-state index in [1.807, 2.05) is 30.0 Å². The van der Waals surface area contributed by atoms with E-state index in [1.165, 1.54) is 0 Å². The number of urea groups is 1. The molecule has 0 aromatic heterocycles. The van der Waals surface area contributed by atoms with Gasteiger partial charge in [-0.1, -0.05) is 18.2 Å². The normalized spacial score (nSPS) is 22.3. The number of carbonyl (C=O) groups is 1. The Morgan fingerprint density at radius 3 is 2.58 bits per heavy atom. The molecule has 5 heteroatoms. The van der Waals surface area contributed by atoms with Gasteiger partial charge in [0.25, 0.3) is 0 Å². The largest absolute Gasteiger partial charge is 0.489 e. The van der Waals surface area contributed by atoms with Crippen molar-refractivity contribution in [1.82, 2.24) is 4.90 Å². The molecular formula is C19H26N2O3. The lowest BCUT2D eigenvalue weighted by atomic mass is 9.86. The Morgan fingerprint density at radius 2 is 1.92 bits per heavy atom. The number of hydrogen-bond donors (Lipinski definition) is 1. The fourth-order valence-corrected chi connectivity index (χ4v) is 3.46. The number of hydrogen-bond acceptors (Lipinski definition) is 3. The maximum absolute atomic E-state index is 12.6. The van der Waals surface area contributed by atoms with Crippen molar-refractivity contribution in [3.8, 4) is 5.75 Å². The van der Waals surface area contributed by atoms with E-state index in [-0.39, 0.29) is 6.03 Å². The minimum Gasteiger partial charge on any atom is -0.489 e. The first-order valence-corrected chi connectivity index (χ1v) is 8.60. The molecule has 3 rings (SSSR count). The lowest BCUT2D eigenvalue weighted by Crippen LogP contribution is -2.33. The van der Waals surface area contributed by atoms with Crippen molar-refractivity contribution in [2.45, 2.75) is 19.8 Å². The number of carbonyl (C=O) groups excluding carboxylic acids is 1. The van der Waals surface area contributed by atoms with E-state index < -0.39 is 0 Å². The monoisotopic (exact) mass is 330 g/mol. The average Bonchev–Trinajstić information content (AvgIpc) is 3.01. The Morgan fingerprint density at radius 1 is 1.21 bits per heavy atom. The highest BCUT2D eigenvalue weighted by Gasteiger charge is 2.35. The van der Waals surface area contributed by atoms with Gasteiger partial charge in [0.05, 0.1) is 12.3 Å². The molecule has 1 aromatic rings. The summed E-state index contributed by atoms with van der Waals surface area (Å²) in [6.45, 7) is 4.66. The predicted molar refractivity (Wildman–Crippen MR) is 94.5 cm³/mol. The zero-order valence-electron chi connectivity index (χ0n) is 14.5. The number of ether oxygens (including phenoxy) is 2. The number of rotatable bonds is 5. The molecule has 2 aliphatic rings. The highest BCUT2D eigenvalue weighted by Crippen LogP contribution is 2.33. The Bertz CT molecular complexity index is 599. The van der Waals surface area contributed by atoms with Crippen LogP contribution in [0.4, 0.5) is 10.5 Å². The Kier molecular flexibility index (Phi) is 5.41. The second kappa shape index (κ2) is 7.71. The summed E-state index contributed by atoms with van der Waals surface area (Å²) in [4.78, 5) is 14.6. The molecule has 1 aliphatic heterocycles. The maximum atomic E-state index is 12.6. The number of amides is 2. The van der Waals surface area contributed by atoms with Crippen molar-refractivity contribution in [1.29, 1.82) is 0 Å². The number of nitrogens with one attached hydrogen (secondary N) is 1. The number of nitrogens with zero attached hydrogens (tertiary/aromatic N) is 1. The first-order valence-electron chi connectivity index (χ1n) is 8.60. The standard InChI is InChI=1S/C19H26N2O3/c1-14-7-8-17(18(11-14)24-10-9-23-2)20-19(22)21-12-15-5-3-4-6-16(15)13-21/h3-4,7-8,11,15-16H,5-6,9-10,12-13H2,1-2H3,(H,20,22). The molecule has 0 bridgehead atoms. The van der Waals surface area contributed by atoms with Gasteiger partial charge in [0.15, 0.2) is 0 Å². The molecule has 5 nitrogen and oxygen atoms in total. The summed E-state index contributed by atoms with van der Waals surface area (Å²) in [7, 11) is 1.64. The Hall–Kier alpha value is -2.01. The number of allylic oxidation sites excluding steroid dienone is 2. The third kappa shape index (κ3) is 3.90. The molecule has 1 aromatic carbocycles. The van der Waals surface area contributed by atoms with Crippen LogP contribution in [0.2, 0.25) is 0 Å². The minimum absolute atomic E-state index is 0.0372. The second-order valence-corrected chi connectivity index (χ2v) is 6.64. The summed E-state index contributed by atoms with van der Waals surface area (Å²) in [5.41, 5.74) is 1.81. The first-order chi connectivity index (χ1) is 11.7. The number of benzene rings is 1. The molecule has 0 spiro atoms. The minimum atomic E-state index is -0.0372. The summed E-state index contributed by atoms with van der Waals surface area (Å²) in [5.74, 6) is 1.91. The molecule has 2 amide bonds. The molecule has 130 valence electrons. The van der Waals surface area contributed by atoms with Gasteiger partial charge < -0.3 is 19.7 Å². The van der Waals surface area contributed by atoms with Crippen LogP contribution in [0, 0.1) is 18.8 Å². The Balaban J connectivity index is 1.63. The third-order valence-electron chi connectivity index (χ3n) is 4.83. The van der Waals surface area contributed by atoms with Gasteiger partial charge in [0.1, 0.15) is 12.4 Å². The van der Waals surface area contributed by atoms with Crippen LogP contribution >= 0.6 is 0 Å². The van der Waals surface area contributed by atoms with Crippen LogP contribution < -0.4 is 10.1 Å². The number of methoxy groups -OCH3 is 1. The van der Waals surface area contributed by atoms with Gasteiger partial charge in [0, 0.05) is 20.2 Å². The number of likely N-dealkylation sites (tertiary alicyclic amines) is 1. The second-order valence-electron chi connectivity index (χ2n) is 6.64. The molecule has 0 saturated carbocycles. The Labute approximate surface area is 143 Å². The third-order valence-corrected chi connectivity index (χ3v) is 4.83. The van der Waals surface area contributed by atoms with E-state index in [4.69, 9.17) is 9.47 Å². The highest BCUT2D eigenvalue weighted by molar-refractivity contribution is 5.91. The molecule has 1 N–H and O–H groups in total. The van der Waals surface area contributed by atoms with Gasteiger partial charge in [-0.15, -0.1) is 0 Å². The van der Waals surface area contributed by atoms with Crippen LogP contribution in [0.1, 0.15) is 18.4 Å². The summed E-state index contributed by atoms with van der Waals surface area (Å²) >= 11 is 0. The molecule has 2 unspecified atom stereocenters. The van der Waals surface area contributed by atoms with E-state index >= 15 is 0 Å². The molecule has 0 radical (unpaired) electrons. The van der Waals surface area contributed by atoms with Crippen LogP contribution in [-0.4, -0.2) is 44.3 Å². The fraction of sp³-hybridized carbons (Fsp3) is 0.526. The van der Waals surface area contributed by atoms with Crippen LogP contribution in [0.25, 0.3) is 0 Å². The van der Waals surface area contributed by atoms with E-state index in [1.54, 1.807) is 7.11 Å². The van der Waals surface area contributed by atoms with Gasteiger partial charge in [-0.25, -0.2) is 4.79 Å². The fourth-order valence-electron chi connectivity index (χ4n) is 3.46. The molecule has 1 fully saturated rings.